The van der Waals surface area contributed by atoms with Gasteiger partial charge in [0.1, 0.15) is 23.9 Å². The van der Waals surface area contributed by atoms with Crippen molar-refractivity contribution in [3.63, 3.8) is 0 Å². The fourth-order valence-corrected chi connectivity index (χ4v) is 2.46. The van der Waals surface area contributed by atoms with Crippen molar-refractivity contribution in [2.45, 2.75) is 18.9 Å². The second-order valence-electron chi connectivity index (χ2n) is 5.13. The van der Waals surface area contributed by atoms with Gasteiger partial charge >= 0.3 is 0 Å². The minimum absolute atomic E-state index is 0. The summed E-state index contributed by atoms with van der Waals surface area (Å²) < 4.78 is 11.5. The van der Waals surface area contributed by atoms with Gasteiger partial charge in [-0.3, -0.25) is 0 Å². The molecule has 118 valence electrons. The van der Waals surface area contributed by atoms with Crippen molar-refractivity contribution < 1.29 is 9.47 Å². The van der Waals surface area contributed by atoms with Crippen molar-refractivity contribution in [1.82, 2.24) is 5.32 Å². The van der Waals surface area contributed by atoms with Gasteiger partial charge in [-0.05, 0) is 67.9 Å². The molecular formula is C17H19Cl2NO2. The van der Waals surface area contributed by atoms with E-state index in [-0.39, 0.29) is 12.4 Å². The first kappa shape index (κ1) is 16.9. The van der Waals surface area contributed by atoms with Crippen LogP contribution >= 0.6 is 24.0 Å². The van der Waals surface area contributed by atoms with Gasteiger partial charge in [-0.1, -0.05) is 11.6 Å². The molecule has 2 aromatic carbocycles. The Morgan fingerprint density at radius 2 is 1.55 bits per heavy atom. The fraction of sp³-hybridized carbons (Fsp3) is 0.294. The van der Waals surface area contributed by atoms with Crippen molar-refractivity contribution in [2.75, 3.05) is 13.2 Å². The van der Waals surface area contributed by atoms with E-state index in [1.807, 2.05) is 48.5 Å². The predicted molar refractivity (Wildman–Crippen MR) is 91.7 cm³/mol. The lowest BCUT2D eigenvalue weighted by Crippen LogP contribution is -2.28. The summed E-state index contributed by atoms with van der Waals surface area (Å²) in [6, 6.07) is 15.5. The number of ether oxygens (including phenoxy) is 2. The Bertz CT molecular complexity index is 566. The Balaban J connectivity index is 0.00000176. The molecule has 0 aliphatic carbocycles. The van der Waals surface area contributed by atoms with Gasteiger partial charge in [-0.2, -0.15) is 0 Å². The molecule has 3 nitrogen and oxygen atoms in total. The zero-order valence-corrected chi connectivity index (χ0v) is 13.7. The van der Waals surface area contributed by atoms with Crippen LogP contribution in [0.25, 0.3) is 0 Å². The summed E-state index contributed by atoms with van der Waals surface area (Å²) in [6.45, 7) is 1.82. The Labute approximate surface area is 142 Å². The highest BCUT2D eigenvalue weighted by Gasteiger charge is 2.14. The highest BCUT2D eigenvalue weighted by Crippen LogP contribution is 2.25. The lowest BCUT2D eigenvalue weighted by atomic mass is 10.2. The van der Waals surface area contributed by atoms with Crippen molar-refractivity contribution in [3.8, 4) is 17.2 Å². The average molecular weight is 340 g/mol. The number of rotatable bonds is 5. The highest BCUT2D eigenvalue weighted by atomic mass is 35.5. The summed E-state index contributed by atoms with van der Waals surface area (Å²) in [4.78, 5) is 0. The topological polar surface area (TPSA) is 30.5 Å². The van der Waals surface area contributed by atoms with E-state index in [2.05, 4.69) is 5.32 Å². The molecule has 0 spiro atoms. The first-order valence-corrected chi connectivity index (χ1v) is 7.57. The van der Waals surface area contributed by atoms with Gasteiger partial charge in [0.25, 0.3) is 0 Å². The minimum atomic E-state index is 0. The third kappa shape index (κ3) is 4.80. The molecule has 2 aromatic rings. The monoisotopic (exact) mass is 339 g/mol. The maximum atomic E-state index is 5.85. The van der Waals surface area contributed by atoms with Crippen molar-refractivity contribution >= 4 is 24.0 Å². The molecule has 0 bridgehead atoms. The standard InChI is InChI=1S/C17H18ClNO2.ClH/c18-13-3-5-16(6-4-13)21-17-9-7-15(8-10-17)20-12-14-2-1-11-19-14;/h3-10,14,19H,1-2,11-12H2;1H. The zero-order valence-electron chi connectivity index (χ0n) is 12.1. The molecule has 1 N–H and O–H groups in total. The summed E-state index contributed by atoms with van der Waals surface area (Å²) in [7, 11) is 0. The molecule has 0 radical (unpaired) electrons. The van der Waals surface area contributed by atoms with Gasteiger partial charge < -0.3 is 14.8 Å². The number of halogens is 2. The quantitative estimate of drug-likeness (QED) is 0.857. The van der Waals surface area contributed by atoms with E-state index in [9.17, 15) is 0 Å². The van der Waals surface area contributed by atoms with Crippen molar-refractivity contribution in [3.05, 3.63) is 53.6 Å². The molecular weight excluding hydrogens is 321 g/mol. The molecule has 0 saturated carbocycles. The summed E-state index contributed by atoms with van der Waals surface area (Å²) in [5.74, 6) is 2.42. The summed E-state index contributed by atoms with van der Waals surface area (Å²) in [5, 5.41) is 4.12. The van der Waals surface area contributed by atoms with Crippen LogP contribution in [-0.2, 0) is 0 Å². The minimum Gasteiger partial charge on any atom is -0.492 e. The van der Waals surface area contributed by atoms with Crippen LogP contribution in [0, 0.1) is 0 Å². The molecule has 1 fully saturated rings. The Kier molecular flexibility index (Phi) is 6.37. The number of hydrogen-bond acceptors (Lipinski definition) is 3. The molecule has 0 aromatic heterocycles. The third-order valence-electron chi connectivity index (χ3n) is 3.49. The van der Waals surface area contributed by atoms with E-state index in [0.29, 0.717) is 11.1 Å². The van der Waals surface area contributed by atoms with E-state index < -0.39 is 0 Å². The van der Waals surface area contributed by atoms with Crippen LogP contribution in [0.1, 0.15) is 12.8 Å². The maximum absolute atomic E-state index is 5.85. The Morgan fingerprint density at radius 3 is 2.14 bits per heavy atom. The molecule has 1 aliphatic rings. The first-order valence-electron chi connectivity index (χ1n) is 7.19. The Hall–Kier alpha value is -1.42. The lowest BCUT2D eigenvalue weighted by Gasteiger charge is -2.12. The molecule has 1 atom stereocenters. The smallest absolute Gasteiger partial charge is 0.127 e. The molecule has 1 aliphatic heterocycles. The van der Waals surface area contributed by atoms with E-state index >= 15 is 0 Å². The van der Waals surface area contributed by atoms with Crippen LogP contribution in [-0.4, -0.2) is 19.2 Å². The summed E-state index contributed by atoms with van der Waals surface area (Å²) in [5.41, 5.74) is 0. The van der Waals surface area contributed by atoms with Crippen molar-refractivity contribution in [1.29, 1.82) is 0 Å². The van der Waals surface area contributed by atoms with Gasteiger partial charge in [-0.25, -0.2) is 0 Å². The molecule has 3 rings (SSSR count). The molecule has 22 heavy (non-hydrogen) atoms. The Morgan fingerprint density at radius 1 is 0.955 bits per heavy atom. The fourth-order valence-electron chi connectivity index (χ4n) is 2.34. The van der Waals surface area contributed by atoms with E-state index in [1.54, 1.807) is 0 Å². The number of benzene rings is 2. The zero-order chi connectivity index (χ0) is 14.5. The van der Waals surface area contributed by atoms with E-state index in [4.69, 9.17) is 21.1 Å². The average Bonchev–Trinajstić information content (AvgIpc) is 3.02. The van der Waals surface area contributed by atoms with Crippen LogP contribution in [0.3, 0.4) is 0 Å². The van der Waals surface area contributed by atoms with E-state index in [1.165, 1.54) is 12.8 Å². The predicted octanol–water partition coefficient (Wildman–Crippen LogP) is 4.68. The summed E-state index contributed by atoms with van der Waals surface area (Å²) >= 11 is 5.85. The maximum Gasteiger partial charge on any atom is 0.127 e. The molecule has 0 amide bonds. The largest absolute Gasteiger partial charge is 0.492 e. The third-order valence-corrected chi connectivity index (χ3v) is 3.74. The summed E-state index contributed by atoms with van der Waals surface area (Å²) in [6.07, 6.45) is 2.43. The van der Waals surface area contributed by atoms with Crippen LogP contribution in [0.15, 0.2) is 48.5 Å². The van der Waals surface area contributed by atoms with Crippen LogP contribution in [0.5, 0.6) is 17.2 Å². The number of nitrogens with one attached hydrogen (secondary N) is 1. The SMILES string of the molecule is Cl.Clc1ccc(Oc2ccc(OCC3CCCN3)cc2)cc1. The van der Waals surface area contributed by atoms with Gasteiger partial charge in [0.2, 0.25) is 0 Å². The highest BCUT2D eigenvalue weighted by molar-refractivity contribution is 6.30. The van der Waals surface area contributed by atoms with Gasteiger partial charge in [0, 0.05) is 11.1 Å². The van der Waals surface area contributed by atoms with Gasteiger partial charge in [0.05, 0.1) is 0 Å². The second-order valence-corrected chi connectivity index (χ2v) is 5.57. The first-order chi connectivity index (χ1) is 10.3. The molecule has 1 saturated heterocycles. The molecule has 5 heteroatoms. The lowest BCUT2D eigenvalue weighted by molar-refractivity contribution is 0.277. The van der Waals surface area contributed by atoms with Crippen LogP contribution < -0.4 is 14.8 Å². The normalized spacial score (nSPS) is 16.9. The van der Waals surface area contributed by atoms with E-state index in [0.717, 1.165) is 30.4 Å². The molecule has 1 unspecified atom stereocenters. The second kappa shape index (κ2) is 8.28. The number of hydrogen-bond donors (Lipinski definition) is 1. The molecule has 1 heterocycles. The van der Waals surface area contributed by atoms with Crippen molar-refractivity contribution in [2.24, 2.45) is 0 Å². The van der Waals surface area contributed by atoms with Crippen LogP contribution in [0.2, 0.25) is 5.02 Å². The van der Waals surface area contributed by atoms with Gasteiger partial charge in [0.15, 0.2) is 0 Å². The van der Waals surface area contributed by atoms with Gasteiger partial charge in [-0.15, -0.1) is 12.4 Å². The van der Waals surface area contributed by atoms with Crippen LogP contribution in [0.4, 0.5) is 0 Å².